The lowest BCUT2D eigenvalue weighted by Crippen LogP contribution is -2.44. The van der Waals surface area contributed by atoms with E-state index < -0.39 is 6.04 Å². The number of nitrogens with one attached hydrogen (secondary N) is 2. The van der Waals surface area contributed by atoms with Crippen LogP contribution in [0.3, 0.4) is 0 Å². The molecule has 0 saturated heterocycles. The number of ether oxygens (including phenoxy) is 1. The molecular formula is C20H23Cl2N3O2. The fraction of sp³-hybridized carbons (Fsp3) is 0.250. The Bertz CT molecular complexity index is 898. The summed E-state index contributed by atoms with van der Waals surface area (Å²) < 4.78 is 4.95. The van der Waals surface area contributed by atoms with E-state index >= 15 is 0 Å². The monoisotopic (exact) mass is 407 g/mol. The van der Waals surface area contributed by atoms with Crippen molar-refractivity contribution < 1.29 is 9.53 Å². The van der Waals surface area contributed by atoms with Crippen LogP contribution in [-0.4, -0.2) is 37.2 Å². The van der Waals surface area contributed by atoms with Gasteiger partial charge in [0.05, 0.1) is 6.61 Å². The number of carbonyl (C=O) groups excluding carboxylic acids is 1. The molecule has 1 heterocycles. The maximum Gasteiger partial charge on any atom is 0.239 e. The number of halogens is 2. The van der Waals surface area contributed by atoms with Gasteiger partial charge in [0, 0.05) is 41.7 Å². The van der Waals surface area contributed by atoms with Gasteiger partial charge in [-0.05, 0) is 23.3 Å². The van der Waals surface area contributed by atoms with Crippen LogP contribution < -0.4 is 11.1 Å². The number of aromatic amines is 1. The normalized spacial score (nSPS) is 13.0. The SMILES string of the molecule is COCC(N)C(=O)NCC(c1ccccc1Cl)c1c[nH]c2ccccc12.Cl. The molecule has 27 heavy (non-hydrogen) atoms. The van der Waals surface area contributed by atoms with E-state index in [1.54, 1.807) is 0 Å². The minimum Gasteiger partial charge on any atom is -0.383 e. The molecular weight excluding hydrogens is 385 g/mol. The summed E-state index contributed by atoms with van der Waals surface area (Å²) >= 11 is 6.45. The molecule has 0 aliphatic rings. The number of benzene rings is 2. The summed E-state index contributed by atoms with van der Waals surface area (Å²) in [6, 6.07) is 15.0. The van der Waals surface area contributed by atoms with E-state index in [0.717, 1.165) is 22.0 Å². The number of nitrogens with two attached hydrogens (primary N) is 1. The number of para-hydroxylation sites is 1. The summed E-state index contributed by atoms with van der Waals surface area (Å²) in [5.41, 5.74) is 8.90. The Morgan fingerprint density at radius 3 is 2.63 bits per heavy atom. The second-order valence-corrected chi connectivity index (χ2v) is 6.58. The molecule has 3 rings (SSSR count). The first-order chi connectivity index (χ1) is 12.6. The molecule has 2 unspecified atom stereocenters. The first-order valence-electron chi connectivity index (χ1n) is 8.44. The Labute approximate surface area is 169 Å². The zero-order chi connectivity index (χ0) is 18.5. The molecule has 7 heteroatoms. The van der Waals surface area contributed by atoms with Gasteiger partial charge in [-0.15, -0.1) is 12.4 Å². The molecule has 1 aromatic heterocycles. The Hall–Kier alpha value is -2.05. The molecule has 0 aliphatic carbocycles. The van der Waals surface area contributed by atoms with Crippen LogP contribution in [-0.2, 0) is 9.53 Å². The van der Waals surface area contributed by atoms with Crippen molar-refractivity contribution in [2.45, 2.75) is 12.0 Å². The number of methoxy groups -OCH3 is 1. The Morgan fingerprint density at radius 1 is 1.19 bits per heavy atom. The van der Waals surface area contributed by atoms with Gasteiger partial charge in [-0.25, -0.2) is 0 Å². The molecule has 3 aromatic rings. The van der Waals surface area contributed by atoms with Crippen molar-refractivity contribution in [3.63, 3.8) is 0 Å². The highest BCUT2D eigenvalue weighted by Gasteiger charge is 2.22. The zero-order valence-corrected chi connectivity index (χ0v) is 16.5. The average molecular weight is 408 g/mol. The van der Waals surface area contributed by atoms with Crippen molar-refractivity contribution in [3.8, 4) is 0 Å². The van der Waals surface area contributed by atoms with Crippen LogP contribution in [0.4, 0.5) is 0 Å². The molecule has 0 radical (unpaired) electrons. The lowest BCUT2D eigenvalue weighted by Gasteiger charge is -2.20. The van der Waals surface area contributed by atoms with E-state index in [2.05, 4.69) is 16.4 Å². The average Bonchev–Trinajstić information content (AvgIpc) is 3.07. The molecule has 1 amide bonds. The van der Waals surface area contributed by atoms with Crippen molar-refractivity contribution in [2.75, 3.05) is 20.3 Å². The van der Waals surface area contributed by atoms with Crippen LogP contribution in [0.15, 0.2) is 54.7 Å². The van der Waals surface area contributed by atoms with E-state index in [9.17, 15) is 4.79 Å². The van der Waals surface area contributed by atoms with Gasteiger partial charge in [0.1, 0.15) is 6.04 Å². The number of H-pyrrole nitrogens is 1. The smallest absolute Gasteiger partial charge is 0.239 e. The molecule has 2 aromatic carbocycles. The number of fused-ring (bicyclic) bond motifs is 1. The molecule has 0 fully saturated rings. The van der Waals surface area contributed by atoms with Crippen molar-refractivity contribution in [3.05, 3.63) is 70.9 Å². The molecule has 0 bridgehead atoms. The highest BCUT2D eigenvalue weighted by Crippen LogP contribution is 2.34. The summed E-state index contributed by atoms with van der Waals surface area (Å²) in [5, 5.41) is 4.70. The van der Waals surface area contributed by atoms with Crippen molar-refractivity contribution in [1.29, 1.82) is 0 Å². The van der Waals surface area contributed by atoms with Crippen molar-refractivity contribution >= 4 is 40.8 Å². The summed E-state index contributed by atoms with van der Waals surface area (Å²) in [6.07, 6.45) is 1.97. The van der Waals surface area contributed by atoms with E-state index in [-0.39, 0.29) is 30.8 Å². The maximum atomic E-state index is 12.2. The summed E-state index contributed by atoms with van der Waals surface area (Å²) in [6.45, 7) is 0.567. The minimum atomic E-state index is -0.699. The minimum absolute atomic E-state index is 0. The van der Waals surface area contributed by atoms with E-state index in [1.165, 1.54) is 7.11 Å². The number of hydrogen-bond acceptors (Lipinski definition) is 3. The van der Waals surface area contributed by atoms with Crippen LogP contribution in [0.1, 0.15) is 17.0 Å². The van der Waals surface area contributed by atoms with Gasteiger partial charge in [-0.1, -0.05) is 48.0 Å². The van der Waals surface area contributed by atoms with Gasteiger partial charge in [0.25, 0.3) is 0 Å². The molecule has 0 aliphatic heterocycles. The first-order valence-corrected chi connectivity index (χ1v) is 8.82. The summed E-state index contributed by atoms with van der Waals surface area (Å²) in [7, 11) is 1.52. The summed E-state index contributed by atoms with van der Waals surface area (Å²) in [5.74, 6) is -0.345. The van der Waals surface area contributed by atoms with Gasteiger partial charge in [-0.3, -0.25) is 4.79 Å². The fourth-order valence-corrected chi connectivity index (χ4v) is 3.38. The number of amides is 1. The van der Waals surface area contributed by atoms with E-state index in [0.29, 0.717) is 11.6 Å². The number of carbonyl (C=O) groups is 1. The Balaban J connectivity index is 0.00000261. The number of aromatic nitrogens is 1. The predicted octanol–water partition coefficient (Wildman–Crippen LogP) is 3.46. The second kappa shape index (κ2) is 9.76. The highest BCUT2D eigenvalue weighted by atomic mass is 35.5. The molecule has 2 atom stereocenters. The predicted molar refractivity (Wildman–Crippen MR) is 112 cm³/mol. The number of hydrogen-bond donors (Lipinski definition) is 3. The summed E-state index contributed by atoms with van der Waals surface area (Å²) in [4.78, 5) is 15.5. The molecule has 0 saturated carbocycles. The topological polar surface area (TPSA) is 80.1 Å². The van der Waals surface area contributed by atoms with Gasteiger partial charge >= 0.3 is 0 Å². The molecule has 5 nitrogen and oxygen atoms in total. The van der Waals surface area contributed by atoms with Crippen LogP contribution in [0.25, 0.3) is 10.9 Å². The lowest BCUT2D eigenvalue weighted by molar-refractivity contribution is -0.123. The van der Waals surface area contributed by atoms with Gasteiger partial charge < -0.3 is 20.8 Å². The Kier molecular flexibility index (Phi) is 7.68. The van der Waals surface area contributed by atoms with Crippen molar-refractivity contribution in [1.82, 2.24) is 10.3 Å². The largest absolute Gasteiger partial charge is 0.383 e. The lowest BCUT2D eigenvalue weighted by atomic mass is 9.90. The van der Waals surface area contributed by atoms with Gasteiger partial charge in [0.2, 0.25) is 5.91 Å². The highest BCUT2D eigenvalue weighted by molar-refractivity contribution is 6.31. The van der Waals surface area contributed by atoms with Crippen LogP contribution in [0.2, 0.25) is 5.02 Å². The third-order valence-corrected chi connectivity index (χ3v) is 4.78. The van der Waals surface area contributed by atoms with Crippen molar-refractivity contribution in [2.24, 2.45) is 5.73 Å². The molecule has 4 N–H and O–H groups in total. The van der Waals surface area contributed by atoms with E-state index in [1.807, 2.05) is 48.7 Å². The van der Waals surface area contributed by atoms with Gasteiger partial charge in [-0.2, -0.15) is 0 Å². The maximum absolute atomic E-state index is 12.2. The Morgan fingerprint density at radius 2 is 1.89 bits per heavy atom. The fourth-order valence-electron chi connectivity index (χ4n) is 3.12. The second-order valence-electron chi connectivity index (χ2n) is 6.17. The quantitative estimate of drug-likeness (QED) is 0.560. The van der Waals surface area contributed by atoms with Crippen LogP contribution in [0, 0.1) is 0 Å². The molecule has 144 valence electrons. The third-order valence-electron chi connectivity index (χ3n) is 4.44. The van der Waals surface area contributed by atoms with Crippen LogP contribution in [0.5, 0.6) is 0 Å². The van der Waals surface area contributed by atoms with Crippen LogP contribution >= 0.6 is 24.0 Å². The van der Waals surface area contributed by atoms with Gasteiger partial charge in [0.15, 0.2) is 0 Å². The number of rotatable bonds is 7. The zero-order valence-electron chi connectivity index (χ0n) is 14.9. The van der Waals surface area contributed by atoms with E-state index in [4.69, 9.17) is 22.1 Å². The first kappa shape index (κ1) is 21.3. The standard InChI is InChI=1S/C20H22ClN3O2.ClH/c1-26-12-18(22)20(25)24-11-15(13-6-2-4-8-17(13)21)16-10-23-19-9-5-3-7-14(16)19;/h2-10,15,18,23H,11-12,22H2,1H3,(H,24,25);1H. The molecule has 0 spiro atoms. The third kappa shape index (κ3) is 4.82.